The van der Waals surface area contributed by atoms with Gasteiger partial charge in [0.1, 0.15) is 0 Å². The van der Waals surface area contributed by atoms with Crippen LogP contribution in [0.1, 0.15) is 27.7 Å². The van der Waals surface area contributed by atoms with Crippen LogP contribution in [0.3, 0.4) is 0 Å². The molecule has 0 aliphatic carbocycles. The second-order valence-electron chi connectivity index (χ2n) is 3.23. The monoisotopic (exact) mass is 312 g/mol. The molecule has 7 nitrogen and oxygen atoms in total. The molecule has 0 rings (SSSR count). The molecule has 0 atom stereocenters. The van der Waals surface area contributed by atoms with E-state index in [0.717, 1.165) is 0 Å². The molecule has 0 spiro atoms. The molecule has 0 saturated carbocycles. The number of hydrogen-bond donors (Lipinski definition) is 0. The van der Waals surface area contributed by atoms with Crippen molar-refractivity contribution in [1.82, 2.24) is 0 Å². The molecule has 122 valence electrons. The van der Waals surface area contributed by atoms with Crippen LogP contribution < -0.4 is 0 Å². The third-order valence-electron chi connectivity index (χ3n) is 1.86. The Kier molecular flexibility index (Phi) is 17.2. The predicted octanol–water partition coefficient (Wildman–Crippen LogP) is 1.48. The molecule has 0 bridgehead atoms. The molecule has 0 aliphatic heterocycles. The SMILES string of the molecule is CCO[Si](OCC)(OCC)OCC.COB(OC)OC. The highest BCUT2D eigenvalue weighted by molar-refractivity contribution is 6.53. The van der Waals surface area contributed by atoms with Gasteiger partial charge < -0.3 is 31.7 Å². The smallest absolute Gasteiger partial charge is 0.389 e. The molecular formula is C11H29BO7Si. The molecular weight excluding hydrogens is 283 g/mol. The van der Waals surface area contributed by atoms with Gasteiger partial charge in [-0.05, 0) is 27.7 Å². The van der Waals surface area contributed by atoms with Crippen molar-refractivity contribution in [2.24, 2.45) is 0 Å². The zero-order valence-corrected chi connectivity index (χ0v) is 14.8. The van der Waals surface area contributed by atoms with Crippen molar-refractivity contribution in [3.8, 4) is 0 Å². The summed E-state index contributed by atoms with van der Waals surface area (Å²) in [5, 5.41) is 0. The van der Waals surface area contributed by atoms with Crippen molar-refractivity contribution in [1.29, 1.82) is 0 Å². The Morgan fingerprint density at radius 2 is 0.850 bits per heavy atom. The number of rotatable bonds is 11. The van der Waals surface area contributed by atoms with E-state index in [1.165, 1.54) is 21.3 Å². The van der Waals surface area contributed by atoms with E-state index < -0.39 is 16.4 Å². The van der Waals surface area contributed by atoms with Crippen LogP contribution >= 0.6 is 0 Å². The molecule has 0 fully saturated rings. The predicted molar refractivity (Wildman–Crippen MR) is 79.0 cm³/mol. The van der Waals surface area contributed by atoms with Gasteiger partial charge in [0.15, 0.2) is 0 Å². The summed E-state index contributed by atoms with van der Waals surface area (Å²) in [6.45, 7) is 9.80. The van der Waals surface area contributed by atoms with Gasteiger partial charge in [0.05, 0.1) is 0 Å². The third kappa shape index (κ3) is 10.7. The molecule has 9 heteroatoms. The molecule has 0 radical (unpaired) electrons. The molecule has 0 heterocycles. The number of hydrogen-bond acceptors (Lipinski definition) is 7. The minimum atomic E-state index is -2.80. The van der Waals surface area contributed by atoms with Crippen molar-refractivity contribution >= 4 is 16.4 Å². The van der Waals surface area contributed by atoms with E-state index in [-0.39, 0.29) is 0 Å². The first-order valence-corrected chi connectivity index (χ1v) is 8.36. The summed E-state index contributed by atoms with van der Waals surface area (Å²) >= 11 is 0. The van der Waals surface area contributed by atoms with Crippen LogP contribution in [0.4, 0.5) is 0 Å². The van der Waals surface area contributed by atoms with Crippen LogP contribution in [0, 0.1) is 0 Å². The minimum Gasteiger partial charge on any atom is -0.389 e. The fraction of sp³-hybridized carbons (Fsp3) is 1.00. The minimum absolute atomic E-state index is 0.514. The van der Waals surface area contributed by atoms with Gasteiger partial charge in [-0.25, -0.2) is 0 Å². The van der Waals surface area contributed by atoms with Crippen molar-refractivity contribution < 1.29 is 31.7 Å². The first kappa shape index (κ1) is 22.3. The average Bonchev–Trinajstić information content (AvgIpc) is 2.43. The van der Waals surface area contributed by atoms with Crippen molar-refractivity contribution in [2.45, 2.75) is 27.7 Å². The third-order valence-corrected chi connectivity index (χ3v) is 4.43. The van der Waals surface area contributed by atoms with Gasteiger partial charge in [0.2, 0.25) is 0 Å². The summed E-state index contributed by atoms with van der Waals surface area (Å²) in [5.41, 5.74) is 0. The molecule has 0 aromatic heterocycles. The topological polar surface area (TPSA) is 64.6 Å². The summed E-state index contributed by atoms with van der Waals surface area (Å²) < 4.78 is 35.5. The Morgan fingerprint density at radius 3 is 0.950 bits per heavy atom. The van der Waals surface area contributed by atoms with E-state index in [0.29, 0.717) is 26.4 Å². The standard InChI is InChI=1S/C8H20O4Si.C3H9BO3/c1-5-9-13(10-6-2,11-7-3)12-8-4;1-5-4(6-2)7-3/h5-8H2,1-4H3;1-3H3. The molecule has 20 heavy (non-hydrogen) atoms. The Hall–Kier alpha value is 0.00182. The Bertz CT molecular complexity index is 161. The maximum absolute atomic E-state index is 5.42. The lowest BCUT2D eigenvalue weighted by Crippen LogP contribution is -2.49. The normalized spacial score (nSPS) is 10.9. The zero-order valence-electron chi connectivity index (χ0n) is 13.8. The van der Waals surface area contributed by atoms with Crippen LogP contribution in [0.25, 0.3) is 0 Å². The molecule has 0 aliphatic rings. The summed E-state index contributed by atoms with van der Waals surface area (Å²) in [4.78, 5) is 0. The molecule has 0 amide bonds. The van der Waals surface area contributed by atoms with Gasteiger partial charge >= 0.3 is 16.4 Å². The van der Waals surface area contributed by atoms with Gasteiger partial charge in [-0.1, -0.05) is 0 Å². The van der Waals surface area contributed by atoms with Crippen molar-refractivity contribution in [3.63, 3.8) is 0 Å². The van der Waals surface area contributed by atoms with Crippen LogP contribution in [0.5, 0.6) is 0 Å². The highest BCUT2D eigenvalue weighted by Gasteiger charge is 2.44. The average molecular weight is 312 g/mol. The van der Waals surface area contributed by atoms with E-state index in [1.54, 1.807) is 0 Å². The Balaban J connectivity index is 0. The molecule has 0 N–H and O–H groups in total. The first-order chi connectivity index (χ1) is 9.59. The lowest BCUT2D eigenvalue weighted by molar-refractivity contribution is -0.0247. The van der Waals surface area contributed by atoms with Crippen molar-refractivity contribution in [2.75, 3.05) is 47.8 Å². The molecule has 0 aromatic carbocycles. The quantitative estimate of drug-likeness (QED) is 0.535. The molecule has 0 unspecified atom stereocenters. The van der Waals surface area contributed by atoms with Gasteiger partial charge in [-0.2, -0.15) is 0 Å². The summed E-state index contributed by atoms with van der Waals surface area (Å²) in [5.74, 6) is 0. The van der Waals surface area contributed by atoms with E-state index in [4.69, 9.17) is 17.7 Å². The fourth-order valence-corrected chi connectivity index (χ4v) is 3.16. The second kappa shape index (κ2) is 15.4. The highest BCUT2D eigenvalue weighted by atomic mass is 28.4. The van der Waals surface area contributed by atoms with E-state index in [9.17, 15) is 0 Å². The first-order valence-electron chi connectivity index (χ1n) is 6.73. The fourth-order valence-electron chi connectivity index (χ4n) is 1.25. The highest BCUT2D eigenvalue weighted by Crippen LogP contribution is 2.11. The lowest BCUT2D eigenvalue weighted by Gasteiger charge is -2.26. The van der Waals surface area contributed by atoms with Gasteiger partial charge in [0.25, 0.3) is 0 Å². The van der Waals surface area contributed by atoms with Crippen LogP contribution in [-0.4, -0.2) is 64.1 Å². The van der Waals surface area contributed by atoms with Gasteiger partial charge in [0, 0.05) is 47.8 Å². The Morgan fingerprint density at radius 1 is 0.600 bits per heavy atom. The summed E-state index contributed by atoms with van der Waals surface area (Å²) in [7, 11) is 1.23. The van der Waals surface area contributed by atoms with Crippen LogP contribution in [0.2, 0.25) is 0 Å². The summed E-state index contributed by atoms with van der Waals surface area (Å²) in [6.07, 6.45) is 0. The zero-order chi connectivity index (χ0) is 15.9. The second-order valence-corrected chi connectivity index (χ2v) is 5.38. The molecule has 0 aromatic rings. The Labute approximate surface area is 124 Å². The van der Waals surface area contributed by atoms with Gasteiger partial charge in [-0.3, -0.25) is 0 Å². The largest absolute Gasteiger partial charge is 0.679 e. The maximum Gasteiger partial charge on any atom is 0.679 e. The van der Waals surface area contributed by atoms with Crippen LogP contribution in [-0.2, 0) is 31.7 Å². The lowest BCUT2D eigenvalue weighted by atomic mass is 10.2. The van der Waals surface area contributed by atoms with Crippen molar-refractivity contribution in [3.05, 3.63) is 0 Å². The van der Waals surface area contributed by atoms with Crippen LogP contribution in [0.15, 0.2) is 0 Å². The van der Waals surface area contributed by atoms with Gasteiger partial charge in [-0.15, -0.1) is 0 Å². The molecule has 0 saturated heterocycles. The van der Waals surface area contributed by atoms with E-state index >= 15 is 0 Å². The maximum atomic E-state index is 5.42. The van der Waals surface area contributed by atoms with E-state index in [1.807, 2.05) is 27.7 Å². The summed E-state index contributed by atoms with van der Waals surface area (Å²) in [6, 6.07) is 0. The van der Waals surface area contributed by atoms with E-state index in [2.05, 4.69) is 14.0 Å².